The van der Waals surface area contributed by atoms with E-state index in [0.717, 1.165) is 0 Å². The van der Waals surface area contributed by atoms with Gasteiger partial charge in [-0.05, 0) is 26.2 Å². The lowest BCUT2D eigenvalue weighted by Gasteiger charge is -2.24. The van der Waals surface area contributed by atoms with Crippen molar-refractivity contribution >= 4 is 16.0 Å². The Balaban J connectivity index is 2.44. The van der Waals surface area contributed by atoms with Crippen LogP contribution < -0.4 is 4.72 Å². The lowest BCUT2D eigenvalue weighted by Crippen LogP contribution is -2.42. The minimum Gasteiger partial charge on any atom is -0.481 e. The zero-order valence-corrected chi connectivity index (χ0v) is 10.7. The van der Waals surface area contributed by atoms with Crippen molar-refractivity contribution in [1.82, 2.24) is 4.72 Å². The van der Waals surface area contributed by atoms with Crippen LogP contribution in [0.5, 0.6) is 0 Å². The van der Waals surface area contributed by atoms with E-state index < -0.39 is 21.2 Å². The van der Waals surface area contributed by atoms with Crippen LogP contribution in [0.15, 0.2) is 0 Å². The molecule has 0 aromatic rings. The number of hydrogen-bond acceptors (Lipinski definition) is 4. The van der Waals surface area contributed by atoms with Crippen molar-refractivity contribution in [2.75, 3.05) is 13.2 Å². The summed E-state index contributed by atoms with van der Waals surface area (Å²) in [5, 5.41) is 8.10. The molecule has 1 aliphatic rings. The summed E-state index contributed by atoms with van der Waals surface area (Å²) in [5.41, 5.74) is 0. The average Bonchev–Trinajstić information content (AvgIpc) is 2.27. The molecule has 0 spiro atoms. The summed E-state index contributed by atoms with van der Waals surface area (Å²) in [7, 11) is -3.35. The van der Waals surface area contributed by atoms with Crippen LogP contribution in [-0.2, 0) is 19.6 Å². The molecule has 1 saturated heterocycles. The van der Waals surface area contributed by atoms with Gasteiger partial charge in [0.15, 0.2) is 0 Å². The van der Waals surface area contributed by atoms with Crippen molar-refractivity contribution in [1.29, 1.82) is 0 Å². The van der Waals surface area contributed by atoms with Gasteiger partial charge in [-0.3, -0.25) is 4.79 Å². The number of carboxylic acid groups (broad SMARTS) is 1. The smallest absolute Gasteiger partial charge is 0.303 e. The predicted octanol–water partition coefficient (Wildman–Crippen LogP) is 0.338. The Labute approximate surface area is 101 Å². The van der Waals surface area contributed by atoms with Gasteiger partial charge in [0.05, 0.1) is 5.25 Å². The Morgan fingerprint density at radius 2 is 2.06 bits per heavy atom. The predicted molar refractivity (Wildman–Crippen MR) is 62.2 cm³/mol. The van der Waals surface area contributed by atoms with Gasteiger partial charge >= 0.3 is 5.97 Å². The van der Waals surface area contributed by atoms with Gasteiger partial charge in [-0.25, -0.2) is 13.1 Å². The van der Waals surface area contributed by atoms with E-state index in [-0.39, 0.29) is 12.5 Å². The zero-order chi connectivity index (χ0) is 12.9. The molecular formula is C10H19NO5S. The lowest BCUT2D eigenvalue weighted by atomic mass is 10.2. The lowest BCUT2D eigenvalue weighted by molar-refractivity contribution is -0.137. The van der Waals surface area contributed by atoms with E-state index >= 15 is 0 Å². The normalized spacial score (nSPS) is 20.1. The monoisotopic (exact) mass is 265 g/mol. The highest BCUT2D eigenvalue weighted by Crippen LogP contribution is 2.15. The van der Waals surface area contributed by atoms with E-state index in [9.17, 15) is 13.2 Å². The molecule has 17 heavy (non-hydrogen) atoms. The highest BCUT2D eigenvalue weighted by atomic mass is 32.2. The number of ether oxygens (including phenoxy) is 1. The molecule has 0 aromatic heterocycles. The second-order valence-electron chi connectivity index (χ2n) is 4.31. The quantitative estimate of drug-likeness (QED) is 0.722. The highest BCUT2D eigenvalue weighted by Gasteiger charge is 2.28. The molecule has 1 rings (SSSR count). The molecule has 1 atom stereocenters. The van der Waals surface area contributed by atoms with Gasteiger partial charge < -0.3 is 9.84 Å². The summed E-state index contributed by atoms with van der Waals surface area (Å²) in [6.45, 7) is 2.62. The molecule has 7 heteroatoms. The summed E-state index contributed by atoms with van der Waals surface area (Å²) in [5.74, 6) is -0.915. The van der Waals surface area contributed by atoms with Crippen LogP contribution in [0.4, 0.5) is 0 Å². The van der Waals surface area contributed by atoms with Crippen LogP contribution in [0.25, 0.3) is 0 Å². The third kappa shape index (κ3) is 5.01. The molecule has 2 N–H and O–H groups in total. The number of carbonyl (C=O) groups is 1. The first kappa shape index (κ1) is 14.4. The second kappa shape index (κ2) is 6.32. The van der Waals surface area contributed by atoms with Gasteiger partial charge in [0, 0.05) is 25.7 Å². The zero-order valence-electron chi connectivity index (χ0n) is 9.89. The van der Waals surface area contributed by atoms with Crippen LogP contribution in [-0.4, -0.2) is 44.0 Å². The van der Waals surface area contributed by atoms with Gasteiger partial charge in [0.1, 0.15) is 0 Å². The number of carboxylic acids is 1. The molecule has 1 fully saturated rings. The van der Waals surface area contributed by atoms with Crippen molar-refractivity contribution in [3.8, 4) is 0 Å². The van der Waals surface area contributed by atoms with Crippen molar-refractivity contribution in [2.24, 2.45) is 0 Å². The van der Waals surface area contributed by atoms with E-state index in [2.05, 4.69) is 4.72 Å². The summed E-state index contributed by atoms with van der Waals surface area (Å²) in [4.78, 5) is 10.4. The maximum atomic E-state index is 11.9. The number of rotatable bonds is 6. The van der Waals surface area contributed by atoms with Crippen molar-refractivity contribution in [3.63, 3.8) is 0 Å². The van der Waals surface area contributed by atoms with Gasteiger partial charge in [-0.1, -0.05) is 0 Å². The minimum atomic E-state index is -3.35. The topological polar surface area (TPSA) is 92.7 Å². The first-order valence-electron chi connectivity index (χ1n) is 5.72. The summed E-state index contributed by atoms with van der Waals surface area (Å²) in [6.07, 6.45) is 1.28. The largest absolute Gasteiger partial charge is 0.481 e. The summed E-state index contributed by atoms with van der Waals surface area (Å²) in [6, 6.07) is -0.348. The maximum Gasteiger partial charge on any atom is 0.303 e. The van der Waals surface area contributed by atoms with Gasteiger partial charge in [0.25, 0.3) is 0 Å². The van der Waals surface area contributed by atoms with E-state index in [1.807, 2.05) is 0 Å². The molecule has 0 bridgehead atoms. The van der Waals surface area contributed by atoms with E-state index in [0.29, 0.717) is 32.5 Å². The SMILES string of the molecule is CC(CCC(=O)O)NS(=O)(=O)C1CCOCC1. The fourth-order valence-electron chi connectivity index (χ4n) is 1.76. The van der Waals surface area contributed by atoms with Crippen LogP contribution in [0.1, 0.15) is 32.6 Å². The van der Waals surface area contributed by atoms with Crippen LogP contribution >= 0.6 is 0 Å². The number of hydrogen-bond donors (Lipinski definition) is 2. The second-order valence-corrected chi connectivity index (χ2v) is 6.30. The molecule has 1 unspecified atom stereocenters. The molecule has 6 nitrogen and oxygen atoms in total. The molecule has 0 aromatic carbocycles. The Morgan fingerprint density at radius 3 is 2.59 bits per heavy atom. The molecule has 1 heterocycles. The fraction of sp³-hybridized carbons (Fsp3) is 0.900. The minimum absolute atomic E-state index is 0.0303. The Morgan fingerprint density at radius 1 is 1.47 bits per heavy atom. The van der Waals surface area contributed by atoms with Crippen molar-refractivity contribution in [2.45, 2.75) is 43.9 Å². The average molecular weight is 265 g/mol. The molecule has 100 valence electrons. The molecule has 0 saturated carbocycles. The van der Waals surface area contributed by atoms with Crippen molar-refractivity contribution in [3.05, 3.63) is 0 Å². The van der Waals surface area contributed by atoms with Gasteiger partial charge in [-0.2, -0.15) is 0 Å². The Kier molecular flexibility index (Phi) is 5.35. The number of sulfonamides is 1. The van der Waals surface area contributed by atoms with Gasteiger partial charge in [-0.15, -0.1) is 0 Å². The first-order valence-corrected chi connectivity index (χ1v) is 7.27. The summed E-state index contributed by atoms with van der Waals surface area (Å²) < 4.78 is 31.5. The van der Waals surface area contributed by atoms with E-state index in [4.69, 9.17) is 9.84 Å². The van der Waals surface area contributed by atoms with E-state index in [1.54, 1.807) is 6.92 Å². The van der Waals surface area contributed by atoms with E-state index in [1.165, 1.54) is 0 Å². The summed E-state index contributed by atoms with van der Waals surface area (Å²) >= 11 is 0. The Hall–Kier alpha value is -0.660. The third-order valence-corrected chi connectivity index (χ3v) is 4.84. The Bertz CT molecular complexity index is 348. The van der Waals surface area contributed by atoms with Gasteiger partial charge in [0.2, 0.25) is 10.0 Å². The maximum absolute atomic E-state index is 11.9. The number of aliphatic carboxylic acids is 1. The molecule has 0 aliphatic carbocycles. The fourth-order valence-corrected chi connectivity index (χ4v) is 3.45. The van der Waals surface area contributed by atoms with Crippen LogP contribution in [0.3, 0.4) is 0 Å². The third-order valence-electron chi connectivity index (χ3n) is 2.76. The van der Waals surface area contributed by atoms with Crippen LogP contribution in [0.2, 0.25) is 0 Å². The van der Waals surface area contributed by atoms with Crippen molar-refractivity contribution < 1.29 is 23.1 Å². The highest BCUT2D eigenvalue weighted by molar-refractivity contribution is 7.90. The van der Waals surface area contributed by atoms with Crippen LogP contribution in [0, 0.1) is 0 Å². The number of nitrogens with one attached hydrogen (secondary N) is 1. The molecule has 1 aliphatic heterocycles. The standard InChI is InChI=1S/C10H19NO5S/c1-8(2-3-10(12)13)11-17(14,15)9-4-6-16-7-5-9/h8-9,11H,2-7H2,1H3,(H,12,13). The first-order chi connectivity index (χ1) is 7.92. The molecular weight excluding hydrogens is 246 g/mol. The molecule has 0 radical (unpaired) electrons. The molecule has 0 amide bonds.